The molecule has 0 aliphatic rings. The summed E-state index contributed by atoms with van der Waals surface area (Å²) in [5.74, 6) is -0.774. The van der Waals surface area contributed by atoms with Crippen molar-refractivity contribution in [3.63, 3.8) is 0 Å². The third-order valence-corrected chi connectivity index (χ3v) is 1.31. The quantitative estimate of drug-likeness (QED) is 0.386. The number of hydrogen-bond acceptors (Lipinski definition) is 5. The largest absolute Gasteiger partial charge is 0.478 e. The summed E-state index contributed by atoms with van der Waals surface area (Å²) in [5.41, 5.74) is 0.105. The first kappa shape index (κ1) is 10.5. The Kier molecular flexibility index (Phi) is 3.90. The minimum Gasteiger partial charge on any atom is -0.478 e. The SMILES string of the molecule is CO[B]NOc1ccc(C(=O)O)cn1. The molecular formula is C7H8BN2O4. The van der Waals surface area contributed by atoms with Gasteiger partial charge >= 0.3 is 13.6 Å². The van der Waals surface area contributed by atoms with Gasteiger partial charge in [0.1, 0.15) is 0 Å². The highest BCUT2D eigenvalue weighted by molar-refractivity contribution is 6.22. The Balaban J connectivity index is 2.51. The minimum absolute atomic E-state index is 0.105. The van der Waals surface area contributed by atoms with Crippen LogP contribution in [0.25, 0.3) is 0 Å². The fraction of sp³-hybridized carbons (Fsp3) is 0.143. The number of nitrogens with one attached hydrogen (secondary N) is 1. The summed E-state index contributed by atoms with van der Waals surface area (Å²) < 4.78 is 4.54. The number of carboxylic acid groups (broad SMARTS) is 1. The van der Waals surface area contributed by atoms with E-state index in [2.05, 4.69) is 15.0 Å². The molecule has 0 bridgehead atoms. The van der Waals surface area contributed by atoms with Crippen molar-refractivity contribution < 1.29 is 19.4 Å². The Labute approximate surface area is 81.1 Å². The highest BCUT2D eigenvalue weighted by Gasteiger charge is 2.03. The van der Waals surface area contributed by atoms with Crippen molar-refractivity contribution in [2.24, 2.45) is 0 Å². The average molecular weight is 195 g/mol. The van der Waals surface area contributed by atoms with E-state index in [4.69, 9.17) is 9.94 Å². The van der Waals surface area contributed by atoms with E-state index in [0.29, 0.717) is 0 Å². The molecule has 0 fully saturated rings. The highest BCUT2D eigenvalue weighted by Crippen LogP contribution is 2.05. The summed E-state index contributed by atoms with van der Waals surface area (Å²) in [6.45, 7) is 0. The van der Waals surface area contributed by atoms with Crippen molar-refractivity contribution in [3.8, 4) is 5.88 Å². The summed E-state index contributed by atoms with van der Waals surface area (Å²) >= 11 is 0. The van der Waals surface area contributed by atoms with Gasteiger partial charge in [0.15, 0.2) is 0 Å². The summed E-state index contributed by atoms with van der Waals surface area (Å²) in [6, 6.07) is 2.82. The van der Waals surface area contributed by atoms with E-state index < -0.39 is 5.97 Å². The second kappa shape index (κ2) is 5.20. The van der Waals surface area contributed by atoms with Crippen molar-refractivity contribution in [2.75, 3.05) is 7.11 Å². The van der Waals surface area contributed by atoms with Gasteiger partial charge in [0, 0.05) is 19.4 Å². The fourth-order valence-electron chi connectivity index (χ4n) is 0.700. The summed E-state index contributed by atoms with van der Waals surface area (Å²) in [4.78, 5) is 19.0. The van der Waals surface area contributed by atoms with Gasteiger partial charge in [-0.15, -0.1) is 0 Å². The molecular weight excluding hydrogens is 187 g/mol. The molecule has 2 N–H and O–H groups in total. The lowest BCUT2D eigenvalue weighted by Gasteiger charge is -2.03. The Morgan fingerprint density at radius 1 is 1.64 bits per heavy atom. The highest BCUT2D eigenvalue weighted by atomic mass is 16.7. The average Bonchev–Trinajstić information content (AvgIpc) is 2.19. The monoisotopic (exact) mass is 195 g/mol. The van der Waals surface area contributed by atoms with Crippen LogP contribution < -0.4 is 10.2 Å². The van der Waals surface area contributed by atoms with Gasteiger partial charge in [-0.3, -0.25) is 0 Å². The van der Waals surface area contributed by atoms with E-state index in [1.165, 1.54) is 33.1 Å². The van der Waals surface area contributed by atoms with Crippen LogP contribution in [-0.2, 0) is 4.65 Å². The predicted molar refractivity (Wildman–Crippen MR) is 47.7 cm³/mol. The summed E-state index contributed by atoms with van der Waals surface area (Å²) in [6.07, 6.45) is 1.20. The zero-order valence-electron chi connectivity index (χ0n) is 7.43. The molecule has 1 aromatic heterocycles. The molecule has 1 rings (SSSR count). The van der Waals surface area contributed by atoms with Crippen molar-refractivity contribution in [1.82, 2.24) is 10.4 Å². The number of carboxylic acids is 1. The molecule has 0 saturated carbocycles. The molecule has 0 aliphatic carbocycles. The van der Waals surface area contributed by atoms with E-state index in [1.807, 2.05) is 0 Å². The van der Waals surface area contributed by atoms with Crippen molar-refractivity contribution in [3.05, 3.63) is 23.9 Å². The third kappa shape index (κ3) is 3.04. The molecule has 73 valence electrons. The Hall–Kier alpha value is -1.60. The maximum absolute atomic E-state index is 10.4. The molecule has 0 aromatic carbocycles. The zero-order valence-corrected chi connectivity index (χ0v) is 7.43. The maximum Gasteiger partial charge on any atom is 0.434 e. The van der Waals surface area contributed by atoms with E-state index >= 15 is 0 Å². The third-order valence-electron chi connectivity index (χ3n) is 1.31. The van der Waals surface area contributed by atoms with Crippen LogP contribution in [0.15, 0.2) is 18.3 Å². The van der Waals surface area contributed by atoms with Gasteiger partial charge in [0.2, 0.25) is 5.88 Å². The Morgan fingerprint density at radius 3 is 2.93 bits per heavy atom. The molecule has 0 spiro atoms. The van der Waals surface area contributed by atoms with Gasteiger partial charge in [0.05, 0.1) is 5.56 Å². The number of carbonyl (C=O) groups is 1. The topological polar surface area (TPSA) is 80.7 Å². The van der Waals surface area contributed by atoms with Crippen LogP contribution in [0.1, 0.15) is 10.4 Å². The summed E-state index contributed by atoms with van der Waals surface area (Å²) in [7, 11) is 2.67. The molecule has 6 nitrogen and oxygen atoms in total. The van der Waals surface area contributed by atoms with E-state index in [0.717, 1.165) is 0 Å². The Bertz CT molecular complexity index is 303. The van der Waals surface area contributed by atoms with E-state index in [1.54, 1.807) is 0 Å². The molecule has 0 unspecified atom stereocenters. The molecule has 1 heterocycles. The molecule has 1 aromatic rings. The second-order valence-electron chi connectivity index (χ2n) is 2.26. The van der Waals surface area contributed by atoms with Crippen LogP contribution in [0.2, 0.25) is 0 Å². The van der Waals surface area contributed by atoms with E-state index in [9.17, 15) is 4.79 Å². The molecule has 1 radical (unpaired) electrons. The molecule has 0 atom stereocenters. The molecule has 0 saturated heterocycles. The van der Waals surface area contributed by atoms with Crippen molar-refractivity contribution in [1.29, 1.82) is 0 Å². The molecule has 14 heavy (non-hydrogen) atoms. The normalized spacial score (nSPS) is 9.50. The van der Waals surface area contributed by atoms with Gasteiger partial charge in [-0.05, 0) is 6.07 Å². The number of pyridine rings is 1. The lowest BCUT2D eigenvalue weighted by atomic mass is 10.3. The van der Waals surface area contributed by atoms with Crippen LogP contribution in [0.5, 0.6) is 5.88 Å². The number of aromatic carboxylic acids is 1. The van der Waals surface area contributed by atoms with Crippen LogP contribution in [0, 0.1) is 0 Å². The smallest absolute Gasteiger partial charge is 0.434 e. The molecule has 7 heteroatoms. The standard InChI is InChI=1S/C7H8BN2O4/c1-13-8-10-14-6-3-2-5(4-9-6)7(11)12/h2-4,10H,1H3,(H,11,12). The van der Waals surface area contributed by atoms with Crippen LogP contribution >= 0.6 is 0 Å². The first-order valence-electron chi connectivity index (χ1n) is 3.70. The van der Waals surface area contributed by atoms with Gasteiger partial charge in [-0.25, -0.2) is 9.78 Å². The number of nitrogens with zero attached hydrogens (tertiary/aromatic N) is 1. The van der Waals surface area contributed by atoms with Crippen molar-refractivity contribution in [2.45, 2.75) is 0 Å². The van der Waals surface area contributed by atoms with Gasteiger partial charge < -0.3 is 14.6 Å². The maximum atomic E-state index is 10.4. The lowest BCUT2D eigenvalue weighted by molar-refractivity contribution is 0.0696. The summed E-state index contributed by atoms with van der Waals surface area (Å²) in [5, 5.41) is 10.9. The lowest BCUT2D eigenvalue weighted by Crippen LogP contribution is -2.25. The first-order valence-corrected chi connectivity index (χ1v) is 3.70. The number of rotatable bonds is 5. The van der Waals surface area contributed by atoms with Gasteiger partial charge in [0.25, 0.3) is 0 Å². The van der Waals surface area contributed by atoms with Gasteiger partial charge in [-0.1, -0.05) is 0 Å². The molecule has 0 amide bonds. The van der Waals surface area contributed by atoms with E-state index in [-0.39, 0.29) is 11.4 Å². The second-order valence-corrected chi connectivity index (χ2v) is 2.26. The van der Waals surface area contributed by atoms with Crippen LogP contribution in [-0.4, -0.2) is 30.8 Å². The van der Waals surface area contributed by atoms with Crippen LogP contribution in [0.4, 0.5) is 0 Å². The fourth-order valence-corrected chi connectivity index (χ4v) is 0.700. The number of hydrogen-bond donors (Lipinski definition) is 2. The van der Waals surface area contributed by atoms with Gasteiger partial charge in [-0.2, -0.15) is 5.39 Å². The first-order chi connectivity index (χ1) is 6.74. The minimum atomic E-state index is -1.03. The molecule has 0 aliphatic heterocycles. The number of aromatic nitrogens is 1. The Morgan fingerprint density at radius 2 is 2.43 bits per heavy atom. The predicted octanol–water partition coefficient (Wildman–Crippen LogP) is -0.156. The van der Waals surface area contributed by atoms with Crippen LogP contribution in [0.3, 0.4) is 0 Å². The van der Waals surface area contributed by atoms with Crippen molar-refractivity contribution >= 4 is 13.6 Å². The zero-order chi connectivity index (χ0) is 10.4.